The lowest BCUT2D eigenvalue weighted by molar-refractivity contribution is -0.118. The van der Waals surface area contributed by atoms with Crippen LogP contribution >= 0.6 is 23.2 Å². The Morgan fingerprint density at radius 3 is 2.29 bits per heavy atom. The average molecular weight is 370 g/mol. The number of hydrogen-bond donors (Lipinski definition) is 1. The maximum atomic E-state index is 11.3. The van der Waals surface area contributed by atoms with Crippen molar-refractivity contribution in [2.24, 2.45) is 0 Å². The summed E-state index contributed by atoms with van der Waals surface area (Å²) in [4.78, 5) is 11.3. The second kappa shape index (κ2) is 7.08. The highest BCUT2D eigenvalue weighted by Gasteiger charge is 2.52. The van der Waals surface area contributed by atoms with Gasteiger partial charge in [0.2, 0.25) is 5.91 Å². The second-order valence-corrected chi connectivity index (χ2v) is 7.73. The van der Waals surface area contributed by atoms with Crippen molar-refractivity contribution in [3.63, 3.8) is 0 Å². The van der Waals surface area contributed by atoms with E-state index >= 15 is 0 Å². The van der Waals surface area contributed by atoms with Gasteiger partial charge >= 0.3 is 7.12 Å². The third-order valence-corrected chi connectivity index (χ3v) is 4.96. The Hall–Kier alpha value is -1.01. The fourth-order valence-corrected chi connectivity index (χ4v) is 2.70. The lowest BCUT2D eigenvalue weighted by atomic mass is 9.77. The highest BCUT2D eigenvalue weighted by Crippen LogP contribution is 2.39. The number of nitrogens with one attached hydrogen (secondary N) is 1. The number of rotatable bonds is 4. The zero-order valence-corrected chi connectivity index (χ0v) is 16.1. The monoisotopic (exact) mass is 369 g/mol. The van der Waals surface area contributed by atoms with Gasteiger partial charge in [0.1, 0.15) is 0 Å². The maximum Gasteiger partial charge on any atom is 0.492 e. The standard InChI is InChI=1S/C17H22BCl2NO3/c1-11(22)21-10-13(8-12-6-7-14(19)9-15(12)20)18-23-16(2,3)17(4,5)24-18/h6-9H,10H2,1-5H3,(H,21,22). The van der Waals surface area contributed by atoms with Crippen LogP contribution in [0.4, 0.5) is 0 Å². The summed E-state index contributed by atoms with van der Waals surface area (Å²) in [5, 5.41) is 3.89. The molecule has 24 heavy (non-hydrogen) atoms. The Bertz CT molecular complexity index is 658. The molecule has 0 spiro atoms. The molecule has 0 bridgehead atoms. The Morgan fingerprint density at radius 2 is 1.79 bits per heavy atom. The lowest BCUT2D eigenvalue weighted by Crippen LogP contribution is -2.41. The summed E-state index contributed by atoms with van der Waals surface area (Å²) in [7, 11) is -0.561. The smallest absolute Gasteiger partial charge is 0.400 e. The average Bonchev–Trinajstić information content (AvgIpc) is 2.65. The van der Waals surface area contributed by atoms with E-state index in [1.165, 1.54) is 6.92 Å². The predicted molar refractivity (Wildman–Crippen MR) is 99.2 cm³/mol. The first-order valence-corrected chi connectivity index (χ1v) is 8.53. The summed E-state index contributed by atoms with van der Waals surface area (Å²) in [5.41, 5.74) is 0.650. The van der Waals surface area contributed by atoms with Gasteiger partial charge in [0.15, 0.2) is 0 Å². The molecule has 1 aromatic carbocycles. The molecule has 1 heterocycles. The van der Waals surface area contributed by atoms with E-state index in [0.717, 1.165) is 11.0 Å². The van der Waals surface area contributed by atoms with Crippen LogP contribution in [-0.2, 0) is 14.1 Å². The van der Waals surface area contributed by atoms with E-state index in [4.69, 9.17) is 32.5 Å². The SMILES string of the molecule is CC(=O)NCC(=Cc1ccc(Cl)cc1Cl)B1OC(C)(C)C(C)(C)O1. The summed E-state index contributed by atoms with van der Waals surface area (Å²) in [6.45, 7) is 9.72. The molecule has 1 aliphatic rings. The summed E-state index contributed by atoms with van der Waals surface area (Å²) >= 11 is 12.2. The van der Waals surface area contributed by atoms with E-state index in [1.54, 1.807) is 12.1 Å². The Labute approximate surface area is 153 Å². The molecular formula is C17H22BCl2NO3. The van der Waals surface area contributed by atoms with Gasteiger partial charge in [-0.25, -0.2) is 0 Å². The molecule has 1 aromatic rings. The Morgan fingerprint density at radius 1 is 1.21 bits per heavy atom. The molecule has 0 atom stereocenters. The molecule has 130 valence electrons. The van der Waals surface area contributed by atoms with Gasteiger partial charge in [-0.15, -0.1) is 0 Å². The lowest BCUT2D eigenvalue weighted by Gasteiger charge is -2.32. The third kappa shape index (κ3) is 4.34. The van der Waals surface area contributed by atoms with Crippen LogP contribution in [0.5, 0.6) is 0 Å². The first-order chi connectivity index (χ1) is 11.0. The molecule has 4 nitrogen and oxygen atoms in total. The molecule has 1 amide bonds. The number of amides is 1. The second-order valence-electron chi connectivity index (χ2n) is 6.88. The number of carbonyl (C=O) groups is 1. The first-order valence-electron chi connectivity index (χ1n) is 7.77. The molecule has 0 unspecified atom stereocenters. The van der Waals surface area contributed by atoms with E-state index in [2.05, 4.69) is 5.32 Å². The van der Waals surface area contributed by atoms with Crippen LogP contribution in [0, 0.1) is 0 Å². The number of carbonyl (C=O) groups excluding carboxylic acids is 1. The number of hydrogen-bond acceptors (Lipinski definition) is 3. The Kier molecular flexibility index (Phi) is 5.70. The zero-order valence-electron chi connectivity index (χ0n) is 14.6. The van der Waals surface area contributed by atoms with Crippen LogP contribution in [0.1, 0.15) is 40.2 Å². The van der Waals surface area contributed by atoms with E-state index in [1.807, 2.05) is 39.8 Å². The quantitative estimate of drug-likeness (QED) is 0.811. The van der Waals surface area contributed by atoms with Crippen molar-refractivity contribution >= 4 is 42.3 Å². The van der Waals surface area contributed by atoms with Crippen molar-refractivity contribution in [1.29, 1.82) is 0 Å². The van der Waals surface area contributed by atoms with Gasteiger partial charge in [-0.3, -0.25) is 4.79 Å². The van der Waals surface area contributed by atoms with Gasteiger partial charge in [-0.05, 0) is 50.9 Å². The van der Waals surface area contributed by atoms with Gasteiger partial charge in [-0.2, -0.15) is 0 Å². The zero-order chi connectivity index (χ0) is 18.1. The van der Waals surface area contributed by atoms with Crippen molar-refractivity contribution < 1.29 is 14.1 Å². The van der Waals surface area contributed by atoms with Crippen LogP contribution < -0.4 is 5.32 Å². The molecule has 1 aliphatic heterocycles. The van der Waals surface area contributed by atoms with E-state index in [9.17, 15) is 4.79 Å². The molecule has 7 heteroatoms. The van der Waals surface area contributed by atoms with Crippen molar-refractivity contribution in [2.45, 2.75) is 45.8 Å². The highest BCUT2D eigenvalue weighted by molar-refractivity contribution is 6.56. The van der Waals surface area contributed by atoms with Crippen molar-refractivity contribution in [2.75, 3.05) is 6.54 Å². The van der Waals surface area contributed by atoms with Crippen LogP contribution in [-0.4, -0.2) is 30.8 Å². The fourth-order valence-electron chi connectivity index (χ4n) is 2.24. The van der Waals surface area contributed by atoms with E-state index in [-0.39, 0.29) is 5.91 Å². The minimum atomic E-state index is -0.561. The van der Waals surface area contributed by atoms with Crippen LogP contribution in [0.15, 0.2) is 23.7 Å². The van der Waals surface area contributed by atoms with Gasteiger partial charge < -0.3 is 14.6 Å². The van der Waals surface area contributed by atoms with Gasteiger partial charge in [-0.1, -0.05) is 35.3 Å². The largest absolute Gasteiger partial charge is 0.492 e. The van der Waals surface area contributed by atoms with Crippen LogP contribution in [0.2, 0.25) is 10.0 Å². The number of halogens is 2. The molecule has 0 saturated carbocycles. The molecular weight excluding hydrogens is 348 g/mol. The summed E-state index contributed by atoms with van der Waals surface area (Å²) in [5.74, 6) is -0.125. The van der Waals surface area contributed by atoms with Gasteiger partial charge in [0, 0.05) is 23.5 Å². The summed E-state index contributed by atoms with van der Waals surface area (Å²) < 4.78 is 12.2. The molecule has 2 rings (SSSR count). The maximum absolute atomic E-state index is 11.3. The molecule has 1 saturated heterocycles. The molecule has 0 radical (unpaired) electrons. The first kappa shape index (κ1) is 19.3. The van der Waals surface area contributed by atoms with E-state index < -0.39 is 18.3 Å². The highest BCUT2D eigenvalue weighted by atomic mass is 35.5. The summed E-state index contributed by atoms with van der Waals surface area (Å²) in [6, 6.07) is 5.26. The molecule has 0 aromatic heterocycles. The third-order valence-electron chi connectivity index (χ3n) is 4.40. The Balaban J connectivity index is 2.35. The van der Waals surface area contributed by atoms with Crippen molar-refractivity contribution in [3.8, 4) is 0 Å². The molecule has 0 aliphatic carbocycles. The van der Waals surface area contributed by atoms with E-state index in [0.29, 0.717) is 16.6 Å². The van der Waals surface area contributed by atoms with Crippen LogP contribution in [0.25, 0.3) is 6.08 Å². The van der Waals surface area contributed by atoms with Gasteiger partial charge in [0.05, 0.1) is 11.2 Å². The van der Waals surface area contributed by atoms with Crippen molar-refractivity contribution in [1.82, 2.24) is 5.32 Å². The number of benzene rings is 1. The molecule has 1 fully saturated rings. The predicted octanol–water partition coefficient (Wildman–Crippen LogP) is 4.14. The minimum absolute atomic E-state index is 0.125. The topological polar surface area (TPSA) is 47.6 Å². The fraction of sp³-hybridized carbons (Fsp3) is 0.471. The van der Waals surface area contributed by atoms with Crippen molar-refractivity contribution in [3.05, 3.63) is 39.3 Å². The minimum Gasteiger partial charge on any atom is -0.400 e. The normalized spacial score (nSPS) is 19.5. The van der Waals surface area contributed by atoms with Gasteiger partial charge in [0.25, 0.3) is 0 Å². The van der Waals surface area contributed by atoms with Crippen LogP contribution in [0.3, 0.4) is 0 Å². The summed E-state index contributed by atoms with van der Waals surface area (Å²) in [6.07, 6.45) is 1.87. The molecule has 1 N–H and O–H groups in total.